The summed E-state index contributed by atoms with van der Waals surface area (Å²) in [5.74, 6) is -7.43. The lowest BCUT2D eigenvalue weighted by Crippen LogP contribution is -2.53. The number of hydrogen-bond donors (Lipinski definition) is 2. The summed E-state index contributed by atoms with van der Waals surface area (Å²) < 4.78 is 66.6. The van der Waals surface area contributed by atoms with Crippen LogP contribution in [0.25, 0.3) is 0 Å². The zero-order valence-electron chi connectivity index (χ0n) is 22.4. The second-order valence-corrected chi connectivity index (χ2v) is 11.2. The number of hydrogen-bond acceptors (Lipinski definition) is 6. The van der Waals surface area contributed by atoms with Crippen molar-refractivity contribution in [3.63, 3.8) is 0 Å². The van der Waals surface area contributed by atoms with Crippen LogP contribution in [0.5, 0.6) is 0 Å². The molecule has 2 aromatic rings. The van der Waals surface area contributed by atoms with Gasteiger partial charge in [-0.15, -0.1) is 0 Å². The first kappa shape index (κ1) is 31.6. The Balaban J connectivity index is 1.96. The fourth-order valence-electron chi connectivity index (χ4n) is 4.33. The summed E-state index contributed by atoms with van der Waals surface area (Å²) >= 11 is 7.84. The molecule has 0 spiro atoms. The van der Waals surface area contributed by atoms with Crippen molar-refractivity contribution in [3.8, 4) is 0 Å². The van der Waals surface area contributed by atoms with Gasteiger partial charge >= 0.3 is 12.1 Å². The molecular formula is C26H29ClF5N5O2S. The van der Waals surface area contributed by atoms with Crippen molar-refractivity contribution in [2.24, 2.45) is 10.7 Å². The number of amides is 2. The molecule has 0 radical (unpaired) electrons. The number of carbonyl (C=O) groups is 2. The standard InChI is InChI=1S/C26H29ClF5N5O2S/c1-14-11-16(12-36-24(3,4)34-23(35-36)25(28,29)26(30,31)32)9-10-19(14)37(15(2)13-40-5)22(39)20-17(21(33)38)7-6-8-18(20)27/h6-11,15H,12-13H2,1-5H3,(H2,33,38)(H,34,35)/t15-/m0/s1. The average Bonchev–Trinajstić information content (AvgIpc) is 3.14. The summed E-state index contributed by atoms with van der Waals surface area (Å²) in [4.78, 5) is 31.0. The number of halogens is 6. The molecule has 40 heavy (non-hydrogen) atoms. The van der Waals surface area contributed by atoms with E-state index in [1.165, 1.54) is 53.7 Å². The molecule has 0 unspecified atom stereocenters. The minimum atomic E-state index is -5.80. The third-order valence-corrected chi connectivity index (χ3v) is 7.49. The van der Waals surface area contributed by atoms with Gasteiger partial charge in [0.2, 0.25) is 5.91 Å². The molecule has 1 aliphatic rings. The van der Waals surface area contributed by atoms with Crippen LogP contribution in [0.2, 0.25) is 5.02 Å². The molecule has 1 atom stereocenters. The molecule has 2 amide bonds. The zero-order valence-corrected chi connectivity index (χ0v) is 23.9. The third kappa shape index (κ3) is 6.21. The molecule has 218 valence electrons. The largest absolute Gasteiger partial charge is 0.461 e. The normalized spacial score (nSPS) is 16.3. The van der Waals surface area contributed by atoms with Gasteiger partial charge in [0.1, 0.15) is 5.66 Å². The summed E-state index contributed by atoms with van der Waals surface area (Å²) in [5.41, 5.74) is 7.84. The minimum Gasteiger partial charge on any atom is -0.366 e. The summed E-state index contributed by atoms with van der Waals surface area (Å²) in [5, 5.41) is 1.24. The molecule has 1 aliphatic heterocycles. The van der Waals surface area contributed by atoms with Crippen molar-refractivity contribution < 1.29 is 31.5 Å². The van der Waals surface area contributed by atoms with Crippen molar-refractivity contribution in [1.29, 1.82) is 0 Å². The number of nitrogens with one attached hydrogen (secondary N) is 1. The van der Waals surface area contributed by atoms with Crippen molar-refractivity contribution in [1.82, 2.24) is 10.4 Å². The Hall–Kier alpha value is -2.90. The quantitative estimate of drug-likeness (QED) is 0.353. The number of carbonyl (C=O) groups excluding carboxylic acids is 2. The van der Waals surface area contributed by atoms with E-state index in [4.69, 9.17) is 17.3 Å². The molecule has 2 aromatic carbocycles. The number of rotatable bonds is 9. The number of nitrogens with zero attached hydrogens (tertiary/aromatic N) is 3. The highest BCUT2D eigenvalue weighted by molar-refractivity contribution is 7.98. The number of benzene rings is 2. The van der Waals surface area contributed by atoms with Gasteiger partial charge in [-0.3, -0.25) is 15.0 Å². The second-order valence-electron chi connectivity index (χ2n) is 9.85. The lowest BCUT2D eigenvalue weighted by Gasteiger charge is -2.32. The first-order valence-corrected chi connectivity index (χ1v) is 13.8. The van der Waals surface area contributed by atoms with Crippen LogP contribution in [-0.4, -0.2) is 58.5 Å². The van der Waals surface area contributed by atoms with Gasteiger partial charge in [0.15, 0.2) is 5.84 Å². The molecule has 0 aromatic heterocycles. The van der Waals surface area contributed by atoms with Crippen LogP contribution >= 0.6 is 23.4 Å². The number of primary amides is 1. The summed E-state index contributed by atoms with van der Waals surface area (Å²) in [6.45, 7) is 6.31. The topological polar surface area (TPSA) is 91.0 Å². The smallest absolute Gasteiger partial charge is 0.366 e. The molecular weight excluding hydrogens is 577 g/mol. The zero-order chi connectivity index (χ0) is 30.2. The van der Waals surface area contributed by atoms with E-state index in [0.29, 0.717) is 22.6 Å². The van der Waals surface area contributed by atoms with Crippen LogP contribution in [0.1, 0.15) is 52.6 Å². The van der Waals surface area contributed by atoms with Crippen molar-refractivity contribution >= 4 is 46.7 Å². The van der Waals surface area contributed by atoms with Gasteiger partial charge in [-0.05, 0) is 63.3 Å². The van der Waals surface area contributed by atoms with E-state index in [2.05, 4.69) is 10.4 Å². The van der Waals surface area contributed by atoms with E-state index >= 15 is 0 Å². The highest BCUT2D eigenvalue weighted by atomic mass is 35.5. The Kier molecular flexibility index (Phi) is 9.12. The summed E-state index contributed by atoms with van der Waals surface area (Å²) in [7, 11) is 0. The Morgan fingerprint density at radius 1 is 1.20 bits per heavy atom. The molecule has 7 nitrogen and oxygen atoms in total. The number of thioether (sulfide) groups is 1. The predicted octanol–water partition coefficient (Wildman–Crippen LogP) is 5.80. The molecule has 3 N–H and O–H groups in total. The Bertz CT molecular complexity index is 1340. The van der Waals surface area contributed by atoms with E-state index in [9.17, 15) is 31.5 Å². The number of amidine groups is 1. The van der Waals surface area contributed by atoms with Crippen LogP contribution in [0.3, 0.4) is 0 Å². The van der Waals surface area contributed by atoms with Crippen molar-refractivity contribution in [3.05, 3.63) is 63.7 Å². The highest BCUT2D eigenvalue weighted by Crippen LogP contribution is 2.39. The van der Waals surface area contributed by atoms with Gasteiger partial charge in [-0.2, -0.15) is 38.7 Å². The lowest BCUT2D eigenvalue weighted by molar-refractivity contribution is -0.250. The van der Waals surface area contributed by atoms with Gasteiger partial charge in [0, 0.05) is 24.0 Å². The summed E-state index contributed by atoms with van der Waals surface area (Å²) in [6.07, 6.45) is -3.93. The first-order chi connectivity index (χ1) is 18.4. The predicted molar refractivity (Wildman–Crippen MR) is 147 cm³/mol. The number of anilines is 1. The molecule has 0 aliphatic carbocycles. The van der Waals surface area contributed by atoms with E-state index in [0.717, 1.165) is 0 Å². The first-order valence-electron chi connectivity index (χ1n) is 12.0. The number of aryl methyl sites for hydroxylation is 1. The van der Waals surface area contributed by atoms with E-state index in [1.807, 2.05) is 13.2 Å². The Labute approximate surface area is 237 Å². The molecule has 0 saturated carbocycles. The monoisotopic (exact) mass is 605 g/mol. The van der Waals surface area contributed by atoms with Crippen LogP contribution in [0.4, 0.5) is 27.6 Å². The molecule has 1 heterocycles. The molecule has 0 bridgehead atoms. The van der Waals surface area contributed by atoms with E-state index in [-0.39, 0.29) is 28.7 Å². The maximum absolute atomic E-state index is 13.9. The van der Waals surface area contributed by atoms with Crippen molar-refractivity contribution in [2.45, 2.75) is 58.0 Å². The van der Waals surface area contributed by atoms with E-state index in [1.54, 1.807) is 25.1 Å². The fourth-order valence-corrected chi connectivity index (χ4v) is 5.22. The Morgan fingerprint density at radius 3 is 2.40 bits per heavy atom. The van der Waals surface area contributed by atoms with Gasteiger partial charge in [-0.1, -0.05) is 29.8 Å². The average molecular weight is 606 g/mol. The molecule has 3 rings (SSSR count). The number of aliphatic imine (C=N–C) groups is 1. The SMILES string of the molecule is CSC[C@H](C)N(C(=O)c1c(Cl)cccc1C(N)=O)c1ccc(CN2NC(C(F)(F)C(F)(F)F)=NC2(C)C)cc1C. The fraction of sp³-hybridized carbons (Fsp3) is 0.423. The number of nitrogens with two attached hydrogens (primary N) is 1. The molecule has 0 fully saturated rings. The minimum absolute atomic E-state index is 0.0260. The van der Waals surface area contributed by atoms with Gasteiger partial charge in [-0.25, -0.2) is 4.99 Å². The number of hydrazine groups is 1. The van der Waals surface area contributed by atoms with E-state index < -0.39 is 35.4 Å². The van der Waals surface area contributed by atoms with Gasteiger partial charge in [0.25, 0.3) is 5.91 Å². The lowest BCUT2D eigenvalue weighted by atomic mass is 10.0. The molecule has 0 saturated heterocycles. The maximum atomic E-state index is 13.9. The van der Waals surface area contributed by atoms with Crippen LogP contribution < -0.4 is 16.1 Å². The van der Waals surface area contributed by atoms with Gasteiger partial charge < -0.3 is 10.6 Å². The van der Waals surface area contributed by atoms with Crippen LogP contribution in [0, 0.1) is 6.92 Å². The second kappa shape index (κ2) is 11.5. The Morgan fingerprint density at radius 2 is 1.85 bits per heavy atom. The molecule has 14 heteroatoms. The highest BCUT2D eigenvalue weighted by Gasteiger charge is 2.63. The van der Waals surface area contributed by atoms with Gasteiger partial charge in [0.05, 0.1) is 16.1 Å². The summed E-state index contributed by atoms with van der Waals surface area (Å²) in [6, 6.07) is 9.05. The number of alkyl halides is 5. The van der Waals surface area contributed by atoms with Crippen LogP contribution in [-0.2, 0) is 6.54 Å². The third-order valence-electron chi connectivity index (χ3n) is 6.36. The van der Waals surface area contributed by atoms with Crippen LogP contribution in [0.15, 0.2) is 41.4 Å². The maximum Gasteiger partial charge on any atom is 0.461 e. The van der Waals surface area contributed by atoms with Crippen molar-refractivity contribution in [2.75, 3.05) is 16.9 Å².